The average Bonchev–Trinajstić information content (AvgIpc) is 2.73. The summed E-state index contributed by atoms with van der Waals surface area (Å²) in [5, 5.41) is 3.04. The topological polar surface area (TPSA) is 67.3 Å². The van der Waals surface area contributed by atoms with E-state index in [1.54, 1.807) is 13.3 Å². The Bertz CT molecular complexity index is 770. The summed E-state index contributed by atoms with van der Waals surface area (Å²) in [5.41, 5.74) is 1.46. The fourth-order valence-electron chi connectivity index (χ4n) is 3.16. The van der Waals surface area contributed by atoms with Gasteiger partial charge in [0, 0.05) is 30.9 Å². The van der Waals surface area contributed by atoms with Crippen LogP contribution in [0.4, 0.5) is 5.82 Å². The monoisotopic (exact) mass is 368 g/mol. The van der Waals surface area contributed by atoms with Crippen LogP contribution in [-0.4, -0.2) is 42.1 Å². The molecule has 1 amide bonds. The summed E-state index contributed by atoms with van der Waals surface area (Å²) < 4.78 is 5.22. The van der Waals surface area contributed by atoms with E-state index in [4.69, 9.17) is 9.72 Å². The first kappa shape index (κ1) is 19.1. The smallest absolute Gasteiger partial charge is 0.256 e. The van der Waals surface area contributed by atoms with E-state index in [0.717, 1.165) is 49.5 Å². The highest BCUT2D eigenvalue weighted by molar-refractivity contribution is 5.99. The van der Waals surface area contributed by atoms with Gasteiger partial charge in [0.25, 0.3) is 5.91 Å². The molecule has 0 bridgehead atoms. The highest BCUT2D eigenvalue weighted by Gasteiger charge is 2.22. The van der Waals surface area contributed by atoms with Crippen LogP contribution in [0.15, 0.2) is 30.5 Å². The minimum absolute atomic E-state index is 0.105. The Kier molecular flexibility index (Phi) is 6.27. The van der Waals surface area contributed by atoms with Gasteiger partial charge in [-0.2, -0.15) is 0 Å². The van der Waals surface area contributed by atoms with E-state index in [9.17, 15) is 4.79 Å². The molecule has 1 saturated heterocycles. The molecule has 6 nitrogen and oxygen atoms in total. The molecule has 0 radical (unpaired) electrons. The Balaban J connectivity index is 1.96. The third-order valence-corrected chi connectivity index (χ3v) is 5.01. The second-order valence-electron chi connectivity index (χ2n) is 6.99. The number of piperidine rings is 1. The lowest BCUT2D eigenvalue weighted by molar-refractivity contribution is 0.0939. The molecule has 1 N–H and O–H groups in total. The van der Waals surface area contributed by atoms with Crippen molar-refractivity contribution in [1.82, 2.24) is 15.3 Å². The zero-order chi connectivity index (χ0) is 19.2. The van der Waals surface area contributed by atoms with Crippen LogP contribution >= 0.6 is 0 Å². The summed E-state index contributed by atoms with van der Waals surface area (Å²) in [7, 11) is 1.64. The SMILES string of the molecule is CC[C@H](C)NC(=O)c1cnc(-c2ccc(OC)cc2)nc1N1CCCCC1. The summed E-state index contributed by atoms with van der Waals surface area (Å²) in [6.45, 7) is 5.90. The van der Waals surface area contributed by atoms with E-state index in [0.29, 0.717) is 11.4 Å². The number of nitrogens with zero attached hydrogens (tertiary/aromatic N) is 3. The zero-order valence-electron chi connectivity index (χ0n) is 16.4. The summed E-state index contributed by atoms with van der Waals surface area (Å²) in [6, 6.07) is 7.78. The molecule has 3 rings (SSSR count). The predicted octanol–water partition coefficient (Wildman–Crippen LogP) is 3.67. The van der Waals surface area contributed by atoms with E-state index < -0.39 is 0 Å². The van der Waals surface area contributed by atoms with E-state index in [-0.39, 0.29) is 11.9 Å². The van der Waals surface area contributed by atoms with Crippen molar-refractivity contribution in [1.29, 1.82) is 0 Å². The largest absolute Gasteiger partial charge is 0.497 e. The Labute approximate surface area is 161 Å². The van der Waals surface area contributed by atoms with E-state index in [1.165, 1.54) is 6.42 Å². The lowest BCUT2D eigenvalue weighted by Gasteiger charge is -2.29. The molecular formula is C21H28N4O2. The Morgan fingerprint density at radius 1 is 1.22 bits per heavy atom. The van der Waals surface area contributed by atoms with Crippen molar-refractivity contribution < 1.29 is 9.53 Å². The van der Waals surface area contributed by atoms with Crippen molar-refractivity contribution in [3.8, 4) is 17.1 Å². The predicted molar refractivity (Wildman–Crippen MR) is 107 cm³/mol. The van der Waals surface area contributed by atoms with Crippen molar-refractivity contribution >= 4 is 11.7 Å². The number of rotatable bonds is 6. The molecular weight excluding hydrogens is 340 g/mol. The number of hydrogen-bond acceptors (Lipinski definition) is 5. The van der Waals surface area contributed by atoms with Crippen molar-refractivity contribution in [3.63, 3.8) is 0 Å². The second kappa shape index (κ2) is 8.84. The van der Waals surface area contributed by atoms with Crippen molar-refractivity contribution in [2.75, 3.05) is 25.1 Å². The van der Waals surface area contributed by atoms with Crippen molar-refractivity contribution in [3.05, 3.63) is 36.0 Å². The van der Waals surface area contributed by atoms with E-state index in [2.05, 4.69) is 22.1 Å². The number of methoxy groups -OCH3 is 1. The van der Waals surface area contributed by atoms with Crippen LogP contribution in [0, 0.1) is 0 Å². The first-order valence-corrected chi connectivity index (χ1v) is 9.69. The summed E-state index contributed by atoms with van der Waals surface area (Å²) in [4.78, 5) is 24.3. The average molecular weight is 368 g/mol. The molecule has 1 aliphatic rings. The van der Waals surface area contributed by atoms with Crippen LogP contribution in [0.5, 0.6) is 5.75 Å². The van der Waals surface area contributed by atoms with Crippen molar-refractivity contribution in [2.45, 2.75) is 45.6 Å². The highest BCUT2D eigenvalue weighted by atomic mass is 16.5. The second-order valence-corrected chi connectivity index (χ2v) is 6.99. The van der Waals surface area contributed by atoms with Crippen LogP contribution in [0.3, 0.4) is 0 Å². The van der Waals surface area contributed by atoms with Gasteiger partial charge in [-0.1, -0.05) is 6.92 Å². The lowest BCUT2D eigenvalue weighted by Crippen LogP contribution is -2.36. The maximum atomic E-state index is 12.8. The number of benzene rings is 1. The van der Waals surface area contributed by atoms with Crippen LogP contribution in [0.1, 0.15) is 49.9 Å². The van der Waals surface area contributed by atoms with E-state index >= 15 is 0 Å². The molecule has 2 aromatic rings. The molecule has 0 unspecified atom stereocenters. The van der Waals surface area contributed by atoms with E-state index in [1.807, 2.05) is 31.2 Å². The quantitative estimate of drug-likeness (QED) is 0.843. The molecule has 0 aliphatic carbocycles. The molecule has 1 atom stereocenters. The minimum atomic E-state index is -0.105. The van der Waals surface area contributed by atoms with Crippen LogP contribution in [-0.2, 0) is 0 Å². The number of nitrogens with one attached hydrogen (secondary N) is 1. The number of anilines is 1. The fraction of sp³-hybridized carbons (Fsp3) is 0.476. The maximum Gasteiger partial charge on any atom is 0.256 e. The molecule has 1 aliphatic heterocycles. The van der Waals surface area contributed by atoms with Gasteiger partial charge >= 0.3 is 0 Å². The van der Waals surface area contributed by atoms with Crippen molar-refractivity contribution in [2.24, 2.45) is 0 Å². The van der Waals surface area contributed by atoms with Gasteiger partial charge < -0.3 is 15.0 Å². The van der Waals surface area contributed by atoms with Gasteiger partial charge in [-0.15, -0.1) is 0 Å². The molecule has 144 valence electrons. The van der Waals surface area contributed by atoms with Crippen LogP contribution in [0.25, 0.3) is 11.4 Å². The third-order valence-electron chi connectivity index (χ3n) is 5.01. The summed E-state index contributed by atoms with van der Waals surface area (Å²) >= 11 is 0. The summed E-state index contributed by atoms with van der Waals surface area (Å²) in [5.74, 6) is 2.04. The zero-order valence-corrected chi connectivity index (χ0v) is 16.4. The van der Waals surface area contributed by atoms with Gasteiger partial charge in [0.15, 0.2) is 5.82 Å². The van der Waals surface area contributed by atoms with Crippen LogP contribution in [0.2, 0.25) is 0 Å². The summed E-state index contributed by atoms with van der Waals surface area (Å²) in [6.07, 6.45) is 6.01. The van der Waals surface area contributed by atoms with Gasteiger partial charge in [-0.25, -0.2) is 9.97 Å². The van der Waals surface area contributed by atoms with Gasteiger partial charge in [-0.3, -0.25) is 4.79 Å². The first-order chi connectivity index (χ1) is 13.1. The van der Waals surface area contributed by atoms with Gasteiger partial charge in [0.05, 0.1) is 7.11 Å². The normalized spacial score (nSPS) is 15.3. The Morgan fingerprint density at radius 2 is 1.93 bits per heavy atom. The Hall–Kier alpha value is -2.63. The third kappa shape index (κ3) is 4.56. The minimum Gasteiger partial charge on any atom is -0.497 e. The number of aromatic nitrogens is 2. The molecule has 1 aromatic carbocycles. The molecule has 1 aromatic heterocycles. The van der Waals surface area contributed by atoms with Crippen LogP contribution < -0.4 is 15.0 Å². The molecule has 6 heteroatoms. The molecule has 1 fully saturated rings. The molecule has 27 heavy (non-hydrogen) atoms. The Morgan fingerprint density at radius 3 is 2.56 bits per heavy atom. The standard InChI is InChI=1S/C21H28N4O2/c1-4-15(2)23-21(26)18-14-22-19(16-8-10-17(27-3)11-9-16)24-20(18)25-12-6-5-7-13-25/h8-11,14-15H,4-7,12-13H2,1-3H3,(H,23,26)/t15-/m0/s1. The maximum absolute atomic E-state index is 12.8. The first-order valence-electron chi connectivity index (χ1n) is 9.69. The number of carbonyl (C=O) groups is 1. The molecule has 0 saturated carbocycles. The number of amides is 1. The van der Waals surface area contributed by atoms with Gasteiger partial charge in [-0.05, 0) is 56.9 Å². The number of carbonyl (C=O) groups excluding carboxylic acids is 1. The molecule has 2 heterocycles. The van der Waals surface area contributed by atoms with Gasteiger partial charge in [0.2, 0.25) is 0 Å². The molecule has 0 spiro atoms. The lowest BCUT2D eigenvalue weighted by atomic mass is 10.1. The number of ether oxygens (including phenoxy) is 1. The number of hydrogen-bond donors (Lipinski definition) is 1. The van der Waals surface area contributed by atoms with Gasteiger partial charge in [0.1, 0.15) is 17.1 Å². The fourth-order valence-corrected chi connectivity index (χ4v) is 3.16. The highest BCUT2D eigenvalue weighted by Crippen LogP contribution is 2.26.